The normalized spacial score (nSPS) is 16.3. The number of amides is 1. The molecule has 0 fully saturated rings. The fourth-order valence-electron chi connectivity index (χ4n) is 2.33. The van der Waals surface area contributed by atoms with Crippen molar-refractivity contribution in [3.8, 4) is 0 Å². The lowest BCUT2D eigenvalue weighted by Crippen LogP contribution is -2.52. The molecule has 1 amide bonds. The second-order valence-corrected chi connectivity index (χ2v) is 16.3. The third-order valence-corrected chi connectivity index (χ3v) is 9.77. The van der Waals surface area contributed by atoms with Gasteiger partial charge in [0, 0.05) is 13.3 Å². The molecule has 0 aliphatic rings. The Labute approximate surface area is 183 Å². The van der Waals surface area contributed by atoms with Crippen LogP contribution in [0, 0.1) is 0 Å². The van der Waals surface area contributed by atoms with Gasteiger partial charge in [0.1, 0.15) is 5.60 Å². The van der Waals surface area contributed by atoms with Gasteiger partial charge < -0.3 is 14.5 Å². The minimum atomic E-state index is -3.96. The SMILES string of the molecule is C=C[C@H](NC(C)=O)[C@H](C[C@H](OS(C)(=O)=O)C(=O)OC(C)(C)C)O[Si](C)(C)C(C)(C)C. The van der Waals surface area contributed by atoms with Gasteiger partial charge in [-0.2, -0.15) is 8.42 Å². The van der Waals surface area contributed by atoms with Gasteiger partial charge >= 0.3 is 5.97 Å². The van der Waals surface area contributed by atoms with Crippen LogP contribution in [0.3, 0.4) is 0 Å². The number of nitrogens with one attached hydrogen (secondary N) is 1. The highest BCUT2D eigenvalue weighted by molar-refractivity contribution is 7.86. The van der Waals surface area contributed by atoms with Gasteiger partial charge in [0.2, 0.25) is 5.91 Å². The number of rotatable bonds is 10. The first-order chi connectivity index (χ1) is 13.2. The standard InChI is InChI=1S/C20H39NO7SSi/c1-12-15(21-14(2)22)16(28-30(10,11)20(6,7)8)13-17(27-29(9,24)25)18(23)26-19(3,4)5/h12,15-17H,1,13H2,2-11H3,(H,21,22)/t15-,16-,17-/m0/s1. The first-order valence-electron chi connectivity index (χ1n) is 9.87. The summed E-state index contributed by atoms with van der Waals surface area (Å²) in [6, 6.07) is -0.648. The molecule has 0 unspecified atom stereocenters. The first kappa shape index (κ1) is 28.8. The van der Waals surface area contributed by atoms with Crippen LogP contribution in [0.25, 0.3) is 0 Å². The number of ether oxygens (including phenoxy) is 1. The molecule has 0 aromatic carbocycles. The molecular weight excluding hydrogens is 426 g/mol. The van der Waals surface area contributed by atoms with E-state index < -0.39 is 48.3 Å². The maximum absolute atomic E-state index is 12.7. The molecule has 0 aliphatic heterocycles. The van der Waals surface area contributed by atoms with Crippen LogP contribution in [0.1, 0.15) is 54.9 Å². The van der Waals surface area contributed by atoms with Gasteiger partial charge in [-0.15, -0.1) is 6.58 Å². The van der Waals surface area contributed by atoms with Crippen molar-refractivity contribution in [1.29, 1.82) is 0 Å². The zero-order valence-corrected chi connectivity index (χ0v) is 21.8. The van der Waals surface area contributed by atoms with E-state index in [1.807, 2.05) is 13.1 Å². The maximum Gasteiger partial charge on any atom is 0.337 e. The molecule has 0 spiro atoms. The Bertz CT molecular complexity index is 720. The summed E-state index contributed by atoms with van der Waals surface area (Å²) in [5, 5.41) is 2.58. The molecule has 0 aromatic rings. The summed E-state index contributed by atoms with van der Waals surface area (Å²) in [6.07, 6.45) is 0.0706. The molecule has 30 heavy (non-hydrogen) atoms. The Morgan fingerprint density at radius 2 is 1.63 bits per heavy atom. The molecule has 0 aliphatic carbocycles. The summed E-state index contributed by atoms with van der Waals surface area (Å²) in [5.41, 5.74) is -0.832. The Morgan fingerprint density at radius 3 is 1.97 bits per heavy atom. The largest absolute Gasteiger partial charge is 0.458 e. The van der Waals surface area contributed by atoms with Crippen LogP contribution in [0.5, 0.6) is 0 Å². The number of hydrogen-bond donors (Lipinski definition) is 1. The smallest absolute Gasteiger partial charge is 0.337 e. The van der Waals surface area contributed by atoms with Crippen molar-refractivity contribution in [2.75, 3.05) is 6.26 Å². The third kappa shape index (κ3) is 10.7. The van der Waals surface area contributed by atoms with E-state index in [1.54, 1.807) is 20.8 Å². The Kier molecular flexibility index (Phi) is 9.96. The zero-order chi connectivity index (χ0) is 24.1. The molecule has 0 heterocycles. The fourth-order valence-corrected chi connectivity index (χ4v) is 4.26. The van der Waals surface area contributed by atoms with Crippen molar-refractivity contribution in [3.05, 3.63) is 12.7 Å². The van der Waals surface area contributed by atoms with Gasteiger partial charge in [-0.1, -0.05) is 26.8 Å². The van der Waals surface area contributed by atoms with Gasteiger partial charge in [0.15, 0.2) is 14.4 Å². The Hall–Kier alpha value is -1.23. The summed E-state index contributed by atoms with van der Waals surface area (Å²) in [4.78, 5) is 24.4. The van der Waals surface area contributed by atoms with Crippen molar-refractivity contribution in [3.63, 3.8) is 0 Å². The van der Waals surface area contributed by atoms with Crippen LogP contribution >= 0.6 is 0 Å². The van der Waals surface area contributed by atoms with Crippen LogP contribution in [0.15, 0.2) is 12.7 Å². The number of hydrogen-bond acceptors (Lipinski definition) is 7. The van der Waals surface area contributed by atoms with E-state index in [4.69, 9.17) is 13.3 Å². The summed E-state index contributed by atoms with van der Waals surface area (Å²) in [6.45, 7) is 20.3. The van der Waals surface area contributed by atoms with Gasteiger partial charge in [-0.05, 0) is 38.9 Å². The molecule has 0 saturated heterocycles. The lowest BCUT2D eigenvalue weighted by atomic mass is 10.0. The summed E-state index contributed by atoms with van der Waals surface area (Å²) in [7, 11) is -6.32. The lowest BCUT2D eigenvalue weighted by Gasteiger charge is -2.41. The first-order valence-corrected chi connectivity index (χ1v) is 14.6. The topological polar surface area (TPSA) is 108 Å². The summed E-state index contributed by atoms with van der Waals surface area (Å²) >= 11 is 0. The van der Waals surface area contributed by atoms with Crippen molar-refractivity contribution in [2.24, 2.45) is 0 Å². The Balaban J connectivity index is 6.08. The quantitative estimate of drug-likeness (QED) is 0.228. The highest BCUT2D eigenvalue weighted by Gasteiger charge is 2.42. The van der Waals surface area contributed by atoms with Gasteiger partial charge in [0.25, 0.3) is 10.1 Å². The third-order valence-electron chi connectivity index (χ3n) is 4.68. The molecule has 0 saturated carbocycles. The van der Waals surface area contributed by atoms with Gasteiger partial charge in [-0.25, -0.2) is 4.79 Å². The average Bonchev–Trinajstić information content (AvgIpc) is 2.46. The van der Waals surface area contributed by atoms with E-state index in [9.17, 15) is 18.0 Å². The van der Waals surface area contributed by atoms with Gasteiger partial charge in [0.05, 0.1) is 18.4 Å². The minimum Gasteiger partial charge on any atom is -0.458 e. The van der Waals surface area contributed by atoms with E-state index in [2.05, 4.69) is 32.7 Å². The second kappa shape index (κ2) is 10.4. The van der Waals surface area contributed by atoms with E-state index >= 15 is 0 Å². The maximum atomic E-state index is 12.7. The zero-order valence-electron chi connectivity index (χ0n) is 20.0. The molecular formula is C20H39NO7SSi. The highest BCUT2D eigenvalue weighted by Crippen LogP contribution is 2.38. The summed E-state index contributed by atoms with van der Waals surface area (Å²) in [5.74, 6) is -1.12. The molecule has 3 atom stereocenters. The van der Waals surface area contributed by atoms with E-state index in [0.717, 1.165) is 6.26 Å². The monoisotopic (exact) mass is 465 g/mol. The van der Waals surface area contributed by atoms with Crippen molar-refractivity contribution < 1.29 is 31.4 Å². The average molecular weight is 466 g/mol. The van der Waals surface area contributed by atoms with Crippen LogP contribution in [-0.4, -0.2) is 58.7 Å². The number of esters is 1. The molecule has 8 nitrogen and oxygen atoms in total. The van der Waals surface area contributed by atoms with Crippen LogP contribution < -0.4 is 5.32 Å². The lowest BCUT2D eigenvalue weighted by molar-refractivity contribution is -0.164. The number of carbonyl (C=O) groups excluding carboxylic acids is 2. The second-order valence-electron chi connectivity index (χ2n) is 9.94. The minimum absolute atomic E-state index is 0.133. The van der Waals surface area contributed by atoms with E-state index in [0.29, 0.717) is 0 Å². The van der Waals surface area contributed by atoms with Crippen LogP contribution in [0.2, 0.25) is 18.1 Å². The van der Waals surface area contributed by atoms with Crippen LogP contribution in [-0.2, 0) is 33.1 Å². The fraction of sp³-hybridized carbons (Fsp3) is 0.800. The van der Waals surface area contributed by atoms with E-state index in [-0.39, 0.29) is 17.4 Å². The summed E-state index contributed by atoms with van der Waals surface area (Å²) < 4.78 is 40.5. The molecule has 0 bridgehead atoms. The Morgan fingerprint density at radius 1 is 1.13 bits per heavy atom. The molecule has 10 heteroatoms. The van der Waals surface area contributed by atoms with Crippen molar-refractivity contribution in [1.82, 2.24) is 5.32 Å². The molecule has 0 rings (SSSR count). The van der Waals surface area contributed by atoms with Crippen molar-refractivity contribution >= 4 is 30.3 Å². The van der Waals surface area contributed by atoms with Crippen LogP contribution in [0.4, 0.5) is 0 Å². The van der Waals surface area contributed by atoms with Gasteiger partial charge in [-0.3, -0.25) is 8.98 Å². The molecule has 0 aromatic heterocycles. The van der Waals surface area contributed by atoms with Crippen molar-refractivity contribution in [2.45, 2.75) is 96.9 Å². The number of carbonyl (C=O) groups is 2. The predicted octanol–water partition coefficient (Wildman–Crippen LogP) is 3.14. The highest BCUT2D eigenvalue weighted by atomic mass is 32.2. The predicted molar refractivity (Wildman–Crippen MR) is 120 cm³/mol. The van der Waals surface area contributed by atoms with E-state index in [1.165, 1.54) is 13.0 Å². The molecule has 1 N–H and O–H groups in total. The molecule has 176 valence electrons. The molecule has 0 radical (unpaired) electrons.